The number of nitro benzene ring substituents is 1. The highest BCUT2D eigenvalue weighted by Crippen LogP contribution is 2.26. The predicted octanol–water partition coefficient (Wildman–Crippen LogP) is 4.12. The molecule has 0 N–H and O–H groups in total. The molecule has 6 nitrogen and oxygen atoms in total. The number of non-ortho nitro benzene ring substituents is 1. The maximum atomic E-state index is 10.7. The summed E-state index contributed by atoms with van der Waals surface area (Å²) in [6.07, 6.45) is 0. The Kier molecular flexibility index (Phi) is 6.39. The van der Waals surface area contributed by atoms with Gasteiger partial charge >= 0.3 is 0 Å². The molecule has 1 aromatic heterocycles. The van der Waals surface area contributed by atoms with Crippen LogP contribution in [0.5, 0.6) is 0 Å². The second kappa shape index (κ2) is 8.07. The number of benzene rings is 1. The maximum Gasteiger partial charge on any atom is 0.269 e. The molecule has 1 aromatic carbocycles. The van der Waals surface area contributed by atoms with Crippen molar-refractivity contribution in [1.82, 2.24) is 14.8 Å². The molecular formula is C13H14Br2N4O2S. The van der Waals surface area contributed by atoms with Gasteiger partial charge in [0, 0.05) is 34.4 Å². The van der Waals surface area contributed by atoms with Crippen molar-refractivity contribution >= 4 is 49.3 Å². The van der Waals surface area contributed by atoms with E-state index in [1.54, 1.807) is 23.9 Å². The van der Waals surface area contributed by atoms with Crippen molar-refractivity contribution < 1.29 is 4.92 Å². The summed E-state index contributed by atoms with van der Waals surface area (Å²) in [4.78, 5) is 10.6. The first kappa shape index (κ1) is 17.4. The highest BCUT2D eigenvalue weighted by molar-refractivity contribution is 9.12. The van der Waals surface area contributed by atoms with Gasteiger partial charge in [-0.25, -0.2) is 0 Å². The lowest BCUT2D eigenvalue weighted by molar-refractivity contribution is -0.384. The van der Waals surface area contributed by atoms with Gasteiger partial charge in [0.2, 0.25) is 0 Å². The molecule has 0 aliphatic carbocycles. The molecule has 0 bridgehead atoms. The minimum atomic E-state index is -0.410. The number of nitro groups is 1. The third-order valence-corrected chi connectivity index (χ3v) is 5.99. The number of halogens is 2. The Bertz CT molecular complexity index is 648. The zero-order valence-electron chi connectivity index (χ0n) is 11.8. The zero-order chi connectivity index (χ0) is 16.1. The Labute approximate surface area is 149 Å². The van der Waals surface area contributed by atoms with Gasteiger partial charge in [0.15, 0.2) is 11.0 Å². The van der Waals surface area contributed by atoms with E-state index in [0.29, 0.717) is 6.54 Å². The molecule has 2 rings (SSSR count). The van der Waals surface area contributed by atoms with Crippen molar-refractivity contribution in [2.75, 3.05) is 11.1 Å². The summed E-state index contributed by atoms with van der Waals surface area (Å²) >= 11 is 8.67. The standard InChI is InChI=1S/C13H14Br2N4O2S/c1-2-22-13-17-16-12(18(13)8-10(15)7-14)9-3-5-11(6-4-9)19(20)21/h3-6,10H,2,7-8H2,1H3/t10-/m0/s1. The second-order valence-corrected chi connectivity index (χ2v) is 7.58. The van der Waals surface area contributed by atoms with E-state index in [4.69, 9.17) is 0 Å². The monoisotopic (exact) mass is 448 g/mol. The van der Waals surface area contributed by atoms with Crippen molar-refractivity contribution in [3.63, 3.8) is 0 Å². The first-order valence-corrected chi connectivity index (χ1v) is 9.60. The Morgan fingerprint density at radius 3 is 2.59 bits per heavy atom. The molecule has 2 aromatic rings. The SMILES string of the molecule is CCSc1nnc(-c2ccc([N+](=O)[O-])cc2)n1C[C@@H](Br)CBr. The smallest absolute Gasteiger partial charge is 0.269 e. The lowest BCUT2D eigenvalue weighted by Gasteiger charge is -2.12. The first-order chi connectivity index (χ1) is 10.6. The fourth-order valence-corrected chi connectivity index (χ4v) is 3.05. The van der Waals surface area contributed by atoms with E-state index in [2.05, 4.69) is 49.0 Å². The van der Waals surface area contributed by atoms with Crippen LogP contribution >= 0.6 is 43.6 Å². The highest BCUT2D eigenvalue weighted by atomic mass is 79.9. The van der Waals surface area contributed by atoms with Crippen molar-refractivity contribution in [2.24, 2.45) is 0 Å². The fourth-order valence-electron chi connectivity index (χ4n) is 1.88. The molecule has 118 valence electrons. The first-order valence-electron chi connectivity index (χ1n) is 6.57. The summed E-state index contributed by atoms with van der Waals surface area (Å²) < 4.78 is 2.04. The molecule has 0 unspecified atom stereocenters. The Morgan fingerprint density at radius 2 is 2.05 bits per heavy atom. The van der Waals surface area contributed by atoms with Crippen LogP contribution in [0.25, 0.3) is 11.4 Å². The Hall–Kier alpha value is -0.930. The van der Waals surface area contributed by atoms with Crippen molar-refractivity contribution in [3.05, 3.63) is 34.4 Å². The van der Waals surface area contributed by atoms with Gasteiger partial charge < -0.3 is 4.57 Å². The summed E-state index contributed by atoms with van der Waals surface area (Å²) in [6.45, 7) is 2.78. The molecule has 0 saturated carbocycles. The van der Waals surface area contributed by atoms with Crippen LogP contribution < -0.4 is 0 Å². The van der Waals surface area contributed by atoms with E-state index in [1.807, 2.05) is 4.57 Å². The van der Waals surface area contributed by atoms with Gasteiger partial charge in [0.05, 0.1) is 4.92 Å². The largest absolute Gasteiger partial charge is 0.301 e. The number of hydrogen-bond acceptors (Lipinski definition) is 5. The molecule has 9 heteroatoms. The summed E-state index contributed by atoms with van der Waals surface area (Å²) in [5, 5.41) is 20.9. The van der Waals surface area contributed by atoms with Gasteiger partial charge in [0.25, 0.3) is 5.69 Å². The van der Waals surface area contributed by atoms with E-state index in [-0.39, 0.29) is 10.5 Å². The Morgan fingerprint density at radius 1 is 1.36 bits per heavy atom. The van der Waals surface area contributed by atoms with Crippen LogP contribution in [0.2, 0.25) is 0 Å². The number of aromatic nitrogens is 3. The van der Waals surface area contributed by atoms with Gasteiger partial charge in [0.1, 0.15) is 0 Å². The van der Waals surface area contributed by atoms with E-state index in [1.165, 1.54) is 12.1 Å². The molecular weight excluding hydrogens is 436 g/mol. The van der Waals surface area contributed by atoms with Crippen LogP contribution in [0.3, 0.4) is 0 Å². The van der Waals surface area contributed by atoms with Crippen molar-refractivity contribution in [1.29, 1.82) is 0 Å². The summed E-state index contributed by atoms with van der Waals surface area (Å²) in [5.41, 5.74) is 0.882. The molecule has 0 spiro atoms. The molecule has 22 heavy (non-hydrogen) atoms. The lowest BCUT2D eigenvalue weighted by Crippen LogP contribution is -2.13. The molecule has 0 saturated heterocycles. The summed E-state index contributed by atoms with van der Waals surface area (Å²) in [7, 11) is 0. The maximum absolute atomic E-state index is 10.7. The second-order valence-electron chi connectivity index (χ2n) is 4.41. The number of thioether (sulfide) groups is 1. The zero-order valence-corrected chi connectivity index (χ0v) is 15.8. The van der Waals surface area contributed by atoms with Crippen LogP contribution in [0.1, 0.15) is 6.92 Å². The number of rotatable bonds is 7. The molecule has 0 aliphatic rings. The van der Waals surface area contributed by atoms with Gasteiger partial charge in [-0.2, -0.15) is 0 Å². The normalized spacial score (nSPS) is 12.3. The summed E-state index contributed by atoms with van der Waals surface area (Å²) in [6, 6.07) is 6.38. The van der Waals surface area contributed by atoms with Crippen molar-refractivity contribution in [2.45, 2.75) is 23.5 Å². The average Bonchev–Trinajstić information content (AvgIpc) is 2.90. The third kappa shape index (κ3) is 4.08. The van der Waals surface area contributed by atoms with E-state index < -0.39 is 4.92 Å². The average molecular weight is 450 g/mol. The third-order valence-electron chi connectivity index (χ3n) is 2.87. The van der Waals surface area contributed by atoms with Crippen LogP contribution in [0, 0.1) is 10.1 Å². The lowest BCUT2D eigenvalue weighted by atomic mass is 10.2. The van der Waals surface area contributed by atoms with E-state index in [9.17, 15) is 10.1 Å². The minimum absolute atomic E-state index is 0.0665. The molecule has 0 fully saturated rings. The van der Waals surface area contributed by atoms with Crippen molar-refractivity contribution in [3.8, 4) is 11.4 Å². The fraction of sp³-hybridized carbons (Fsp3) is 0.385. The molecule has 1 heterocycles. The van der Waals surface area contributed by atoms with Gasteiger partial charge in [-0.15, -0.1) is 10.2 Å². The summed E-state index contributed by atoms with van der Waals surface area (Å²) in [5.74, 6) is 1.62. The van der Waals surface area contributed by atoms with Crippen LogP contribution in [-0.2, 0) is 6.54 Å². The van der Waals surface area contributed by atoms with Crippen LogP contribution in [-0.4, -0.2) is 35.6 Å². The molecule has 0 radical (unpaired) electrons. The molecule has 1 atom stereocenters. The van der Waals surface area contributed by atoms with Gasteiger partial charge in [-0.3, -0.25) is 10.1 Å². The minimum Gasteiger partial charge on any atom is -0.301 e. The number of hydrogen-bond donors (Lipinski definition) is 0. The number of alkyl halides is 2. The quantitative estimate of drug-likeness (QED) is 0.275. The Balaban J connectivity index is 2.38. The van der Waals surface area contributed by atoms with E-state index in [0.717, 1.165) is 27.6 Å². The molecule has 0 amide bonds. The molecule has 0 aliphatic heterocycles. The van der Waals surface area contributed by atoms with Crippen LogP contribution in [0.4, 0.5) is 5.69 Å². The predicted molar refractivity (Wildman–Crippen MR) is 95.0 cm³/mol. The highest BCUT2D eigenvalue weighted by Gasteiger charge is 2.17. The van der Waals surface area contributed by atoms with Gasteiger partial charge in [-0.1, -0.05) is 50.5 Å². The van der Waals surface area contributed by atoms with E-state index >= 15 is 0 Å². The topological polar surface area (TPSA) is 73.8 Å². The number of nitrogens with zero attached hydrogens (tertiary/aromatic N) is 4. The van der Waals surface area contributed by atoms with Crippen LogP contribution in [0.15, 0.2) is 29.4 Å². The van der Waals surface area contributed by atoms with Gasteiger partial charge in [-0.05, 0) is 17.9 Å².